The minimum Gasteiger partial charge on any atom is -0.355 e. The first kappa shape index (κ1) is 19.1. The largest absolute Gasteiger partial charge is 0.355 e. The van der Waals surface area contributed by atoms with Crippen LogP contribution in [0.4, 0.5) is 0 Å². The van der Waals surface area contributed by atoms with Gasteiger partial charge in [-0.25, -0.2) is 8.42 Å². The van der Waals surface area contributed by atoms with Crippen molar-refractivity contribution in [3.63, 3.8) is 0 Å². The van der Waals surface area contributed by atoms with E-state index in [4.69, 9.17) is 4.52 Å². The molecule has 0 bridgehead atoms. The van der Waals surface area contributed by atoms with Crippen molar-refractivity contribution in [1.29, 1.82) is 0 Å². The van der Waals surface area contributed by atoms with Crippen LogP contribution in [0, 0.1) is 0 Å². The Labute approximate surface area is 157 Å². The van der Waals surface area contributed by atoms with Gasteiger partial charge in [0.15, 0.2) is 21.3 Å². The first-order valence-corrected chi connectivity index (χ1v) is 11.5. The third-order valence-corrected chi connectivity index (χ3v) is 6.87. The lowest BCUT2D eigenvalue weighted by molar-refractivity contribution is 0.0943. The number of carbonyl (C=O) groups excluding carboxylic acids is 1. The highest BCUT2D eigenvalue weighted by atomic mass is 32.2. The first-order chi connectivity index (χ1) is 12.4. The molecule has 0 radical (unpaired) electrons. The van der Waals surface area contributed by atoms with Crippen LogP contribution in [0.25, 0.3) is 10.6 Å². The molecule has 1 fully saturated rings. The van der Waals surface area contributed by atoms with Gasteiger partial charge in [-0.05, 0) is 30.8 Å². The summed E-state index contributed by atoms with van der Waals surface area (Å²) in [5.74, 6) is 0.377. The summed E-state index contributed by atoms with van der Waals surface area (Å²) in [6.45, 7) is 2.79. The highest BCUT2D eigenvalue weighted by Gasteiger charge is 2.33. The molecular weight excluding hydrogens is 374 g/mol. The van der Waals surface area contributed by atoms with Crippen molar-refractivity contribution in [2.75, 3.05) is 32.4 Å². The predicted octanol–water partition coefficient (Wildman–Crippen LogP) is 2.03. The number of thiophene rings is 1. The second-order valence-electron chi connectivity index (χ2n) is 6.58. The lowest BCUT2D eigenvalue weighted by Gasteiger charge is -2.37. The molecular formula is C17H23N3O4S2. The van der Waals surface area contributed by atoms with Crippen molar-refractivity contribution in [2.45, 2.75) is 24.5 Å². The summed E-state index contributed by atoms with van der Waals surface area (Å²) >= 11 is 1.54. The van der Waals surface area contributed by atoms with Gasteiger partial charge >= 0.3 is 0 Å². The van der Waals surface area contributed by atoms with E-state index >= 15 is 0 Å². The zero-order valence-corrected chi connectivity index (χ0v) is 16.3. The van der Waals surface area contributed by atoms with Gasteiger partial charge in [0.1, 0.15) is 0 Å². The zero-order valence-electron chi connectivity index (χ0n) is 14.7. The number of amides is 1. The normalized spacial score (nSPS) is 15.7. The topological polar surface area (TPSA) is 92.5 Å². The maximum atomic E-state index is 12.1. The minimum atomic E-state index is -2.89. The van der Waals surface area contributed by atoms with E-state index in [1.54, 1.807) is 6.07 Å². The molecule has 2 aromatic rings. The van der Waals surface area contributed by atoms with Crippen LogP contribution in [0.1, 0.15) is 29.8 Å². The summed E-state index contributed by atoms with van der Waals surface area (Å²) in [6.07, 6.45) is 4.17. The van der Waals surface area contributed by atoms with E-state index in [1.807, 2.05) is 17.5 Å². The zero-order chi connectivity index (χ0) is 18.6. The van der Waals surface area contributed by atoms with Crippen molar-refractivity contribution in [1.82, 2.24) is 15.4 Å². The fourth-order valence-electron chi connectivity index (χ4n) is 2.82. The van der Waals surface area contributed by atoms with Crippen molar-refractivity contribution in [3.05, 3.63) is 29.3 Å². The molecule has 7 nitrogen and oxygen atoms in total. The van der Waals surface area contributed by atoms with E-state index in [9.17, 15) is 13.2 Å². The van der Waals surface area contributed by atoms with Crippen LogP contribution in [0.3, 0.4) is 0 Å². The van der Waals surface area contributed by atoms with Gasteiger partial charge in [-0.2, -0.15) is 0 Å². The second kappa shape index (κ2) is 8.32. The molecule has 9 heteroatoms. The van der Waals surface area contributed by atoms with Gasteiger partial charge in [-0.3, -0.25) is 4.79 Å². The Morgan fingerprint density at radius 3 is 2.88 bits per heavy atom. The number of unbranched alkanes of at least 4 members (excludes halogenated alkanes) is 2. The maximum absolute atomic E-state index is 12.1. The molecule has 1 amide bonds. The van der Waals surface area contributed by atoms with Gasteiger partial charge < -0.3 is 14.7 Å². The molecule has 0 aromatic carbocycles. The average Bonchev–Trinajstić information content (AvgIpc) is 3.21. The molecule has 0 aliphatic carbocycles. The van der Waals surface area contributed by atoms with Crippen LogP contribution >= 0.6 is 11.3 Å². The highest BCUT2D eigenvalue weighted by molar-refractivity contribution is 7.91. The lowest BCUT2D eigenvalue weighted by Crippen LogP contribution is -2.54. The fraction of sp³-hybridized carbons (Fsp3) is 0.529. The molecule has 0 atom stereocenters. The minimum absolute atomic E-state index is 0.191. The number of likely N-dealkylation sites (tertiary alicyclic amines) is 1. The van der Waals surface area contributed by atoms with E-state index in [1.165, 1.54) is 17.6 Å². The van der Waals surface area contributed by atoms with Crippen LogP contribution in [-0.4, -0.2) is 62.1 Å². The van der Waals surface area contributed by atoms with E-state index in [2.05, 4.69) is 15.4 Å². The smallest absolute Gasteiger partial charge is 0.273 e. The molecule has 142 valence electrons. The number of hydrogen-bond acceptors (Lipinski definition) is 7. The maximum Gasteiger partial charge on any atom is 0.273 e. The van der Waals surface area contributed by atoms with Gasteiger partial charge in [0.2, 0.25) is 0 Å². The van der Waals surface area contributed by atoms with Crippen LogP contribution in [0.15, 0.2) is 28.1 Å². The van der Waals surface area contributed by atoms with E-state index < -0.39 is 9.84 Å². The Hall–Kier alpha value is -1.71. The average molecular weight is 398 g/mol. The van der Waals surface area contributed by atoms with Gasteiger partial charge in [0.25, 0.3) is 5.91 Å². The third kappa shape index (κ3) is 4.93. The SMILES string of the molecule is CS(=O)(=O)C1CN(CCCCCNC(=O)c2cc(-c3cccs3)on2)C1. The standard InChI is InChI=1S/C17H23N3O4S2/c1-26(22,23)13-11-20(12-13)8-4-2-3-7-18-17(21)14-10-15(24-19-14)16-6-5-9-25-16/h5-6,9-10,13H,2-4,7-8,11-12H2,1H3,(H,18,21). The second-order valence-corrected chi connectivity index (χ2v) is 9.85. The molecule has 0 unspecified atom stereocenters. The van der Waals surface area contributed by atoms with Gasteiger partial charge in [0, 0.05) is 32.0 Å². The van der Waals surface area contributed by atoms with E-state index in [0.29, 0.717) is 31.1 Å². The molecule has 1 aliphatic rings. The molecule has 1 aliphatic heterocycles. The van der Waals surface area contributed by atoms with Crippen molar-refractivity contribution < 1.29 is 17.7 Å². The Morgan fingerprint density at radius 1 is 1.38 bits per heavy atom. The number of hydrogen-bond donors (Lipinski definition) is 1. The van der Waals surface area contributed by atoms with Gasteiger partial charge in [0.05, 0.1) is 10.1 Å². The quantitative estimate of drug-likeness (QED) is 0.651. The first-order valence-electron chi connectivity index (χ1n) is 8.63. The molecule has 26 heavy (non-hydrogen) atoms. The summed E-state index contributed by atoms with van der Waals surface area (Å²) in [4.78, 5) is 15.2. The monoisotopic (exact) mass is 397 g/mol. The highest BCUT2D eigenvalue weighted by Crippen LogP contribution is 2.25. The van der Waals surface area contributed by atoms with Crippen molar-refractivity contribution in [2.24, 2.45) is 0 Å². The molecule has 1 N–H and O–H groups in total. The lowest BCUT2D eigenvalue weighted by atomic mass is 10.1. The number of nitrogens with one attached hydrogen (secondary N) is 1. The van der Waals surface area contributed by atoms with Crippen LogP contribution in [0.2, 0.25) is 0 Å². The summed E-state index contributed by atoms with van der Waals surface area (Å²) in [5.41, 5.74) is 0.292. The Balaban J connectivity index is 1.28. The number of sulfone groups is 1. The van der Waals surface area contributed by atoms with E-state index in [0.717, 1.165) is 30.7 Å². The van der Waals surface area contributed by atoms with Crippen molar-refractivity contribution >= 4 is 27.1 Å². The number of carbonyl (C=O) groups is 1. The molecule has 3 heterocycles. The van der Waals surface area contributed by atoms with Crippen molar-refractivity contribution in [3.8, 4) is 10.6 Å². The summed E-state index contributed by atoms with van der Waals surface area (Å²) in [7, 11) is -2.89. The van der Waals surface area contributed by atoms with Crippen LogP contribution in [-0.2, 0) is 9.84 Å². The number of aromatic nitrogens is 1. The fourth-order valence-corrected chi connectivity index (χ4v) is 4.46. The molecule has 3 rings (SSSR count). The summed E-state index contributed by atoms with van der Waals surface area (Å²) < 4.78 is 27.9. The van der Waals surface area contributed by atoms with Gasteiger partial charge in [-0.15, -0.1) is 11.3 Å². The van der Waals surface area contributed by atoms with Gasteiger partial charge in [-0.1, -0.05) is 17.6 Å². The number of nitrogens with zero attached hydrogens (tertiary/aromatic N) is 2. The Bertz CT molecular complexity index is 824. The molecule has 0 spiro atoms. The summed E-state index contributed by atoms with van der Waals surface area (Å²) in [6, 6.07) is 5.50. The molecule has 1 saturated heterocycles. The van der Waals surface area contributed by atoms with E-state index in [-0.39, 0.29) is 11.2 Å². The summed E-state index contributed by atoms with van der Waals surface area (Å²) in [5, 5.41) is 8.42. The molecule has 0 saturated carbocycles. The van der Waals surface area contributed by atoms with Crippen LogP contribution in [0.5, 0.6) is 0 Å². The van der Waals surface area contributed by atoms with Crippen LogP contribution < -0.4 is 5.32 Å². The predicted molar refractivity (Wildman–Crippen MR) is 101 cm³/mol. The Morgan fingerprint density at radius 2 is 2.19 bits per heavy atom. The Kier molecular flexibility index (Phi) is 6.10. The molecule has 2 aromatic heterocycles. The third-order valence-electron chi connectivity index (χ3n) is 4.47. The number of rotatable bonds is 9.